The Morgan fingerprint density at radius 3 is 2.81 bits per heavy atom. The highest BCUT2D eigenvalue weighted by Crippen LogP contribution is 2.44. The molecule has 1 aliphatic heterocycles. The molecule has 0 unspecified atom stereocenters. The SMILES string of the molecule is COc1ccccc1[C@@]1(CC[NH2+]Cc2ccco2)CCO[C@H](C(C)C)C1. The number of benzene rings is 1. The fourth-order valence-corrected chi connectivity index (χ4v) is 4.12. The maximum absolute atomic E-state index is 6.09. The second kappa shape index (κ2) is 8.74. The Morgan fingerprint density at radius 1 is 1.23 bits per heavy atom. The third-order valence-corrected chi connectivity index (χ3v) is 5.68. The van der Waals surface area contributed by atoms with Gasteiger partial charge in [-0.3, -0.25) is 0 Å². The molecule has 2 aromatic rings. The van der Waals surface area contributed by atoms with Crippen molar-refractivity contribution in [1.29, 1.82) is 0 Å². The molecule has 142 valence electrons. The monoisotopic (exact) mass is 358 g/mol. The van der Waals surface area contributed by atoms with E-state index in [1.54, 1.807) is 13.4 Å². The lowest BCUT2D eigenvalue weighted by molar-refractivity contribution is -0.673. The summed E-state index contributed by atoms with van der Waals surface area (Å²) in [5, 5.41) is 2.34. The maximum atomic E-state index is 6.09. The summed E-state index contributed by atoms with van der Waals surface area (Å²) in [6, 6.07) is 12.5. The van der Waals surface area contributed by atoms with E-state index < -0.39 is 0 Å². The molecule has 0 bridgehead atoms. The van der Waals surface area contributed by atoms with Gasteiger partial charge in [-0.2, -0.15) is 0 Å². The lowest BCUT2D eigenvalue weighted by atomic mass is 9.68. The average molecular weight is 359 g/mol. The highest BCUT2D eigenvalue weighted by molar-refractivity contribution is 5.40. The van der Waals surface area contributed by atoms with E-state index in [-0.39, 0.29) is 5.41 Å². The highest BCUT2D eigenvalue weighted by atomic mass is 16.5. The summed E-state index contributed by atoms with van der Waals surface area (Å²) < 4.78 is 17.3. The number of hydrogen-bond acceptors (Lipinski definition) is 3. The van der Waals surface area contributed by atoms with Crippen LogP contribution in [-0.4, -0.2) is 26.4 Å². The fraction of sp³-hybridized carbons (Fsp3) is 0.545. The molecule has 0 radical (unpaired) electrons. The van der Waals surface area contributed by atoms with Gasteiger partial charge in [-0.15, -0.1) is 0 Å². The molecule has 1 aromatic heterocycles. The molecule has 2 heterocycles. The van der Waals surface area contributed by atoms with Crippen molar-refractivity contribution in [2.45, 2.75) is 51.2 Å². The molecule has 1 aromatic carbocycles. The number of quaternary nitrogens is 1. The molecular weight excluding hydrogens is 326 g/mol. The number of furan rings is 1. The standard InChI is InChI=1S/C22H31NO3/c1-17(2)21-15-22(11-14-26-21,19-8-4-5-9-20(19)24-3)10-12-23-16-18-7-6-13-25-18/h4-9,13,17,21,23H,10-12,14-16H2,1-3H3/p+1/t21-,22-/m0/s1. The third kappa shape index (κ3) is 4.30. The van der Waals surface area contributed by atoms with Crippen molar-refractivity contribution < 1.29 is 19.2 Å². The third-order valence-electron chi connectivity index (χ3n) is 5.68. The first-order valence-electron chi connectivity index (χ1n) is 9.74. The maximum Gasteiger partial charge on any atom is 0.157 e. The fourth-order valence-electron chi connectivity index (χ4n) is 4.12. The number of hydrogen-bond donors (Lipinski definition) is 1. The number of para-hydroxylation sites is 1. The summed E-state index contributed by atoms with van der Waals surface area (Å²) in [6.45, 7) is 7.28. The highest BCUT2D eigenvalue weighted by Gasteiger charge is 2.41. The Kier molecular flexibility index (Phi) is 6.38. The van der Waals surface area contributed by atoms with Crippen LogP contribution in [0.15, 0.2) is 47.1 Å². The van der Waals surface area contributed by atoms with E-state index >= 15 is 0 Å². The lowest BCUT2D eigenvalue weighted by Crippen LogP contribution is -2.83. The van der Waals surface area contributed by atoms with Crippen molar-refractivity contribution in [2.75, 3.05) is 20.3 Å². The van der Waals surface area contributed by atoms with Crippen LogP contribution in [0.4, 0.5) is 0 Å². The van der Waals surface area contributed by atoms with Crippen LogP contribution in [0.5, 0.6) is 5.75 Å². The van der Waals surface area contributed by atoms with Gasteiger partial charge in [0.25, 0.3) is 0 Å². The normalized spacial score (nSPS) is 23.3. The van der Waals surface area contributed by atoms with Crippen LogP contribution in [0.3, 0.4) is 0 Å². The molecule has 26 heavy (non-hydrogen) atoms. The molecule has 1 aliphatic rings. The number of nitrogens with two attached hydrogens (primary N) is 1. The predicted molar refractivity (Wildman–Crippen MR) is 102 cm³/mol. The van der Waals surface area contributed by atoms with Gasteiger partial charge in [-0.1, -0.05) is 32.0 Å². The van der Waals surface area contributed by atoms with E-state index in [0.717, 1.165) is 50.5 Å². The van der Waals surface area contributed by atoms with Crippen molar-refractivity contribution in [3.8, 4) is 5.75 Å². The Morgan fingerprint density at radius 2 is 2.08 bits per heavy atom. The quantitative estimate of drug-likeness (QED) is 0.735. The summed E-state index contributed by atoms with van der Waals surface area (Å²) in [4.78, 5) is 0. The van der Waals surface area contributed by atoms with Gasteiger partial charge < -0.3 is 19.2 Å². The zero-order valence-corrected chi connectivity index (χ0v) is 16.2. The van der Waals surface area contributed by atoms with Crippen molar-refractivity contribution in [3.05, 3.63) is 54.0 Å². The molecule has 3 rings (SSSR count). The van der Waals surface area contributed by atoms with E-state index in [9.17, 15) is 0 Å². The van der Waals surface area contributed by atoms with Gasteiger partial charge in [-0.25, -0.2) is 0 Å². The Hall–Kier alpha value is -1.78. The first kappa shape index (κ1) is 19.0. The van der Waals surface area contributed by atoms with Crippen LogP contribution in [0.1, 0.15) is 44.4 Å². The molecule has 0 amide bonds. The first-order chi connectivity index (χ1) is 12.6. The topological polar surface area (TPSA) is 48.2 Å². The first-order valence-corrected chi connectivity index (χ1v) is 9.74. The van der Waals surface area contributed by atoms with Gasteiger partial charge in [0.15, 0.2) is 5.76 Å². The lowest BCUT2D eigenvalue weighted by Gasteiger charge is -2.43. The van der Waals surface area contributed by atoms with Crippen LogP contribution < -0.4 is 10.1 Å². The number of ether oxygens (including phenoxy) is 2. The minimum atomic E-state index is 0.111. The van der Waals surface area contributed by atoms with E-state index in [2.05, 4.69) is 43.4 Å². The van der Waals surface area contributed by atoms with Gasteiger partial charge >= 0.3 is 0 Å². The average Bonchev–Trinajstić information content (AvgIpc) is 3.19. The van der Waals surface area contributed by atoms with Gasteiger partial charge in [0.2, 0.25) is 0 Å². The van der Waals surface area contributed by atoms with Crippen LogP contribution in [0, 0.1) is 5.92 Å². The van der Waals surface area contributed by atoms with Crippen molar-refractivity contribution in [3.63, 3.8) is 0 Å². The molecule has 0 saturated carbocycles. The molecule has 1 saturated heterocycles. The summed E-state index contributed by atoms with van der Waals surface area (Å²) in [5.41, 5.74) is 1.45. The Balaban J connectivity index is 1.77. The minimum Gasteiger partial charge on any atom is -0.496 e. The zero-order chi connectivity index (χ0) is 18.4. The van der Waals surface area contributed by atoms with E-state index in [1.165, 1.54) is 5.56 Å². The number of rotatable bonds is 8. The van der Waals surface area contributed by atoms with Crippen molar-refractivity contribution in [1.82, 2.24) is 0 Å². The molecule has 0 spiro atoms. The molecule has 4 heteroatoms. The van der Waals surface area contributed by atoms with Gasteiger partial charge in [0, 0.05) is 24.0 Å². The Bertz CT molecular complexity index is 668. The summed E-state index contributed by atoms with van der Waals surface area (Å²) in [7, 11) is 1.77. The molecule has 1 fully saturated rings. The molecule has 2 atom stereocenters. The zero-order valence-electron chi connectivity index (χ0n) is 16.2. The Labute approximate surface area is 156 Å². The summed E-state index contributed by atoms with van der Waals surface area (Å²) >= 11 is 0. The van der Waals surface area contributed by atoms with Crippen LogP contribution in [0.2, 0.25) is 0 Å². The van der Waals surface area contributed by atoms with Crippen LogP contribution in [-0.2, 0) is 16.7 Å². The van der Waals surface area contributed by atoms with Crippen LogP contribution in [0.25, 0.3) is 0 Å². The summed E-state index contributed by atoms with van der Waals surface area (Å²) in [5.74, 6) is 2.56. The second-order valence-electron chi connectivity index (χ2n) is 7.70. The molecule has 0 aliphatic carbocycles. The van der Waals surface area contributed by atoms with Crippen molar-refractivity contribution >= 4 is 0 Å². The summed E-state index contributed by atoms with van der Waals surface area (Å²) in [6.07, 6.45) is 5.26. The van der Waals surface area contributed by atoms with E-state index in [0.29, 0.717) is 12.0 Å². The van der Waals surface area contributed by atoms with E-state index in [4.69, 9.17) is 13.9 Å². The van der Waals surface area contributed by atoms with Gasteiger partial charge in [0.05, 0.1) is 26.0 Å². The van der Waals surface area contributed by atoms with Gasteiger partial charge in [-0.05, 0) is 37.0 Å². The largest absolute Gasteiger partial charge is 0.496 e. The van der Waals surface area contributed by atoms with E-state index in [1.807, 2.05) is 12.1 Å². The number of methoxy groups -OCH3 is 1. The molecule has 4 nitrogen and oxygen atoms in total. The minimum absolute atomic E-state index is 0.111. The van der Waals surface area contributed by atoms with Gasteiger partial charge in [0.1, 0.15) is 12.3 Å². The van der Waals surface area contributed by atoms with Crippen molar-refractivity contribution in [2.24, 2.45) is 5.92 Å². The van der Waals surface area contributed by atoms with Crippen LogP contribution >= 0.6 is 0 Å². The molecular formula is C22H32NO3+. The molecule has 2 N–H and O–H groups in total. The predicted octanol–water partition coefficient (Wildman–Crippen LogP) is 3.51. The smallest absolute Gasteiger partial charge is 0.157 e. The second-order valence-corrected chi connectivity index (χ2v) is 7.70.